The van der Waals surface area contributed by atoms with Crippen molar-refractivity contribution >= 4 is 11.6 Å². The summed E-state index contributed by atoms with van der Waals surface area (Å²) in [6, 6.07) is 2.98. The van der Waals surface area contributed by atoms with Gasteiger partial charge in [-0.2, -0.15) is 4.98 Å². The Balaban J connectivity index is 2.00. The highest BCUT2D eigenvalue weighted by atomic mass is 35.5. The second-order valence-electron chi connectivity index (χ2n) is 3.79. The molecule has 0 radical (unpaired) electrons. The lowest BCUT2D eigenvalue weighted by molar-refractivity contribution is 0.171. The maximum absolute atomic E-state index is 6.13. The van der Waals surface area contributed by atoms with E-state index in [1.54, 1.807) is 12.1 Å². The number of halogens is 1. The van der Waals surface area contributed by atoms with E-state index in [4.69, 9.17) is 26.8 Å². The fourth-order valence-electron chi connectivity index (χ4n) is 1.78. The fraction of sp³-hybridized carbons (Fsp3) is 0.273. The van der Waals surface area contributed by atoms with Gasteiger partial charge in [-0.05, 0) is 17.7 Å². The number of hydrogen-bond donors (Lipinski definition) is 1. The van der Waals surface area contributed by atoms with Crippen molar-refractivity contribution in [2.75, 3.05) is 13.2 Å². The van der Waals surface area contributed by atoms with Gasteiger partial charge in [0.25, 0.3) is 0 Å². The molecule has 0 bridgehead atoms. The van der Waals surface area contributed by atoms with Gasteiger partial charge in [-0.3, -0.25) is 0 Å². The van der Waals surface area contributed by atoms with Crippen LogP contribution in [0, 0.1) is 0 Å². The highest BCUT2D eigenvalue weighted by Crippen LogP contribution is 2.39. The first-order valence-corrected chi connectivity index (χ1v) is 5.74. The van der Waals surface area contributed by atoms with Crippen LogP contribution in [0.1, 0.15) is 17.4 Å². The van der Waals surface area contributed by atoms with E-state index in [0.29, 0.717) is 35.6 Å². The maximum atomic E-state index is 6.13. The van der Waals surface area contributed by atoms with Crippen molar-refractivity contribution in [2.45, 2.75) is 6.04 Å². The van der Waals surface area contributed by atoms with Crippen LogP contribution in [0.5, 0.6) is 11.5 Å². The summed E-state index contributed by atoms with van der Waals surface area (Å²) in [5.41, 5.74) is 6.76. The molecule has 94 valence electrons. The monoisotopic (exact) mass is 267 g/mol. The number of rotatable bonds is 2. The molecule has 0 saturated carbocycles. The fourth-order valence-corrected chi connectivity index (χ4v) is 2.05. The molecule has 0 amide bonds. The summed E-state index contributed by atoms with van der Waals surface area (Å²) in [6.45, 7) is 0.979. The van der Waals surface area contributed by atoms with Crippen LogP contribution < -0.4 is 15.2 Å². The van der Waals surface area contributed by atoms with E-state index in [0.717, 1.165) is 5.56 Å². The molecule has 7 heteroatoms. The summed E-state index contributed by atoms with van der Waals surface area (Å²) >= 11 is 6.13. The van der Waals surface area contributed by atoms with Crippen LogP contribution in [0.25, 0.3) is 0 Å². The Kier molecular flexibility index (Phi) is 2.81. The summed E-state index contributed by atoms with van der Waals surface area (Å²) in [7, 11) is 0. The summed E-state index contributed by atoms with van der Waals surface area (Å²) in [6.07, 6.45) is 1.23. The van der Waals surface area contributed by atoms with Crippen LogP contribution >= 0.6 is 11.6 Å². The van der Waals surface area contributed by atoms with Crippen molar-refractivity contribution in [3.63, 3.8) is 0 Å². The summed E-state index contributed by atoms with van der Waals surface area (Å²) in [4.78, 5) is 3.92. The molecule has 1 aromatic heterocycles. The van der Waals surface area contributed by atoms with E-state index in [1.165, 1.54) is 6.39 Å². The molecule has 1 aliphatic heterocycles. The van der Waals surface area contributed by atoms with Crippen molar-refractivity contribution in [2.24, 2.45) is 5.73 Å². The quantitative estimate of drug-likeness (QED) is 0.889. The van der Waals surface area contributed by atoms with Crippen molar-refractivity contribution in [1.29, 1.82) is 0 Å². The normalized spacial score (nSPS) is 15.4. The smallest absolute Gasteiger partial charge is 0.213 e. The number of nitrogens with zero attached hydrogens (tertiary/aromatic N) is 2. The lowest BCUT2D eigenvalue weighted by Crippen LogP contribution is -2.18. The maximum Gasteiger partial charge on any atom is 0.213 e. The van der Waals surface area contributed by atoms with E-state index in [2.05, 4.69) is 14.7 Å². The van der Waals surface area contributed by atoms with Crippen molar-refractivity contribution in [3.8, 4) is 11.5 Å². The first-order chi connectivity index (χ1) is 8.75. The highest BCUT2D eigenvalue weighted by molar-refractivity contribution is 6.32. The molecule has 2 N–H and O–H groups in total. The highest BCUT2D eigenvalue weighted by Gasteiger charge is 2.21. The van der Waals surface area contributed by atoms with Gasteiger partial charge in [-0.25, -0.2) is 0 Å². The lowest BCUT2D eigenvalue weighted by Gasteiger charge is -2.21. The molecule has 1 unspecified atom stereocenters. The Bertz CT molecular complexity index is 559. The molecule has 0 fully saturated rings. The van der Waals surface area contributed by atoms with Gasteiger partial charge in [0.2, 0.25) is 6.39 Å². The molecule has 1 aromatic carbocycles. The van der Waals surface area contributed by atoms with E-state index in [9.17, 15) is 0 Å². The molecule has 1 aliphatic rings. The van der Waals surface area contributed by atoms with Gasteiger partial charge in [0.05, 0.1) is 11.1 Å². The SMILES string of the molecule is NC(c1cc(Cl)c2c(c1)OCCO2)c1ncon1. The first-order valence-electron chi connectivity index (χ1n) is 5.36. The second kappa shape index (κ2) is 4.47. The van der Waals surface area contributed by atoms with Gasteiger partial charge in [0, 0.05) is 0 Å². The number of hydrogen-bond acceptors (Lipinski definition) is 6. The van der Waals surface area contributed by atoms with Crippen LogP contribution in [0.4, 0.5) is 0 Å². The summed E-state index contributed by atoms with van der Waals surface area (Å²) in [5, 5.41) is 4.17. The molecule has 1 atom stereocenters. The number of aromatic nitrogens is 2. The predicted octanol–water partition coefficient (Wildman–Crippen LogP) is 1.54. The predicted molar refractivity (Wildman–Crippen MR) is 62.8 cm³/mol. The van der Waals surface area contributed by atoms with E-state index < -0.39 is 6.04 Å². The van der Waals surface area contributed by atoms with Gasteiger partial charge in [-0.15, -0.1) is 0 Å². The second-order valence-corrected chi connectivity index (χ2v) is 4.20. The van der Waals surface area contributed by atoms with Gasteiger partial charge in [-0.1, -0.05) is 16.8 Å². The van der Waals surface area contributed by atoms with E-state index in [1.807, 2.05) is 0 Å². The Hall–Kier alpha value is -1.79. The van der Waals surface area contributed by atoms with Gasteiger partial charge in [0.15, 0.2) is 17.3 Å². The van der Waals surface area contributed by atoms with Crippen LogP contribution in [-0.4, -0.2) is 23.4 Å². The molecule has 0 spiro atoms. The molecular weight excluding hydrogens is 258 g/mol. The average Bonchev–Trinajstić information content (AvgIpc) is 2.91. The summed E-state index contributed by atoms with van der Waals surface area (Å²) < 4.78 is 15.6. The molecule has 6 nitrogen and oxygen atoms in total. The average molecular weight is 268 g/mol. The zero-order valence-corrected chi connectivity index (χ0v) is 10.1. The minimum Gasteiger partial charge on any atom is -0.486 e. The number of benzene rings is 1. The number of ether oxygens (including phenoxy) is 2. The minimum absolute atomic E-state index is 0.391. The third-order valence-corrected chi connectivity index (χ3v) is 2.92. The third-order valence-electron chi connectivity index (χ3n) is 2.63. The van der Waals surface area contributed by atoms with Crippen LogP contribution in [0.2, 0.25) is 5.02 Å². The number of fused-ring (bicyclic) bond motifs is 1. The van der Waals surface area contributed by atoms with Crippen LogP contribution in [0.15, 0.2) is 23.0 Å². The Morgan fingerprint density at radius 1 is 1.28 bits per heavy atom. The molecule has 0 saturated heterocycles. The Morgan fingerprint density at radius 2 is 2.11 bits per heavy atom. The zero-order chi connectivity index (χ0) is 12.5. The molecule has 3 rings (SSSR count). The standard InChI is InChI=1S/C11H10ClN3O3/c12-7-3-6(9(13)11-14-5-18-15-11)4-8-10(7)17-2-1-16-8/h3-5,9H,1-2,13H2. The third kappa shape index (κ3) is 1.89. The molecule has 2 heterocycles. The largest absolute Gasteiger partial charge is 0.486 e. The van der Waals surface area contributed by atoms with Gasteiger partial charge >= 0.3 is 0 Å². The summed E-state index contributed by atoms with van der Waals surface area (Å²) in [5.74, 6) is 1.53. The van der Waals surface area contributed by atoms with Crippen LogP contribution in [-0.2, 0) is 0 Å². The first kappa shape index (κ1) is 11.3. The number of nitrogens with two attached hydrogens (primary N) is 1. The van der Waals surface area contributed by atoms with E-state index >= 15 is 0 Å². The minimum atomic E-state index is -0.517. The molecule has 2 aromatic rings. The van der Waals surface area contributed by atoms with Gasteiger partial charge < -0.3 is 19.7 Å². The molecule has 0 aliphatic carbocycles. The van der Waals surface area contributed by atoms with E-state index in [-0.39, 0.29) is 0 Å². The Morgan fingerprint density at radius 3 is 2.89 bits per heavy atom. The van der Waals surface area contributed by atoms with Gasteiger partial charge in [0.1, 0.15) is 13.2 Å². The topological polar surface area (TPSA) is 83.4 Å². The lowest BCUT2D eigenvalue weighted by atomic mass is 10.1. The van der Waals surface area contributed by atoms with Crippen LogP contribution in [0.3, 0.4) is 0 Å². The van der Waals surface area contributed by atoms with Crippen molar-refractivity contribution < 1.29 is 14.0 Å². The zero-order valence-electron chi connectivity index (χ0n) is 9.30. The Labute approximate surface area is 108 Å². The molecular formula is C11H10ClN3O3. The van der Waals surface area contributed by atoms with Crippen molar-refractivity contribution in [1.82, 2.24) is 10.1 Å². The molecule has 18 heavy (non-hydrogen) atoms. The van der Waals surface area contributed by atoms with Crippen molar-refractivity contribution in [3.05, 3.63) is 34.9 Å².